The molecule has 0 unspecified atom stereocenters. The molecule has 17 heavy (non-hydrogen) atoms. The third-order valence-electron chi connectivity index (χ3n) is 2.96. The van der Waals surface area contributed by atoms with Gasteiger partial charge in [-0.3, -0.25) is 4.79 Å². The number of benzene rings is 1. The summed E-state index contributed by atoms with van der Waals surface area (Å²) in [6.45, 7) is 6.04. The molecule has 1 heterocycles. The van der Waals surface area contributed by atoms with E-state index in [0.29, 0.717) is 10.8 Å². The Bertz CT molecular complexity index is 635. The topological polar surface area (TPSA) is 22.0 Å². The molecule has 2 nitrogen and oxygen atoms in total. The van der Waals surface area contributed by atoms with Gasteiger partial charge in [0.1, 0.15) is 5.82 Å². The van der Waals surface area contributed by atoms with E-state index < -0.39 is 0 Å². The first-order chi connectivity index (χ1) is 7.82. The molecular formula is C14H16FNO. The van der Waals surface area contributed by atoms with Crippen LogP contribution < -0.4 is 5.56 Å². The molecule has 1 aromatic carbocycles. The third-order valence-corrected chi connectivity index (χ3v) is 2.96. The van der Waals surface area contributed by atoms with Crippen molar-refractivity contribution in [2.24, 2.45) is 7.05 Å². The van der Waals surface area contributed by atoms with E-state index in [-0.39, 0.29) is 16.8 Å². The first kappa shape index (κ1) is 11.8. The molecule has 0 spiro atoms. The molecule has 2 rings (SSSR count). The second kappa shape index (κ2) is 3.69. The Kier molecular flexibility index (Phi) is 2.57. The van der Waals surface area contributed by atoms with Gasteiger partial charge >= 0.3 is 0 Å². The molecular weight excluding hydrogens is 217 g/mol. The molecule has 0 saturated heterocycles. The number of rotatable bonds is 0. The summed E-state index contributed by atoms with van der Waals surface area (Å²) in [4.78, 5) is 12.0. The Morgan fingerprint density at radius 3 is 2.47 bits per heavy atom. The summed E-state index contributed by atoms with van der Waals surface area (Å²) in [6.07, 6.45) is 1.73. The van der Waals surface area contributed by atoms with Gasteiger partial charge in [-0.05, 0) is 23.1 Å². The van der Waals surface area contributed by atoms with E-state index in [0.717, 1.165) is 5.56 Å². The van der Waals surface area contributed by atoms with Crippen molar-refractivity contribution in [2.75, 3.05) is 0 Å². The van der Waals surface area contributed by atoms with Crippen LogP contribution in [0.5, 0.6) is 0 Å². The third kappa shape index (κ3) is 1.86. The maximum Gasteiger partial charge on any atom is 0.258 e. The Hall–Kier alpha value is -1.64. The van der Waals surface area contributed by atoms with Gasteiger partial charge in [0.25, 0.3) is 5.56 Å². The minimum atomic E-state index is -0.329. The lowest BCUT2D eigenvalue weighted by molar-refractivity contribution is 0.578. The Morgan fingerprint density at radius 2 is 1.88 bits per heavy atom. The largest absolute Gasteiger partial charge is 0.318 e. The van der Waals surface area contributed by atoms with Gasteiger partial charge in [-0.1, -0.05) is 26.8 Å². The summed E-state index contributed by atoms with van der Waals surface area (Å²) in [6, 6.07) is 4.65. The van der Waals surface area contributed by atoms with Gasteiger partial charge in [-0.25, -0.2) is 4.39 Å². The maximum absolute atomic E-state index is 13.9. The zero-order chi connectivity index (χ0) is 12.8. The van der Waals surface area contributed by atoms with Crippen molar-refractivity contribution in [2.45, 2.75) is 26.2 Å². The Labute approximate surface area is 99.7 Å². The highest BCUT2D eigenvalue weighted by atomic mass is 19.1. The highest BCUT2D eigenvalue weighted by Crippen LogP contribution is 2.29. The maximum atomic E-state index is 13.9. The predicted molar refractivity (Wildman–Crippen MR) is 67.8 cm³/mol. The smallest absolute Gasteiger partial charge is 0.258 e. The minimum absolute atomic E-state index is 0.160. The first-order valence-corrected chi connectivity index (χ1v) is 5.60. The molecule has 0 fully saturated rings. The molecule has 0 atom stereocenters. The summed E-state index contributed by atoms with van der Waals surface area (Å²) in [5, 5.41) is 0.892. The second-order valence-electron chi connectivity index (χ2n) is 5.37. The van der Waals surface area contributed by atoms with Crippen LogP contribution in [0, 0.1) is 5.82 Å². The van der Waals surface area contributed by atoms with Gasteiger partial charge in [-0.2, -0.15) is 0 Å². The minimum Gasteiger partial charge on any atom is -0.318 e. The van der Waals surface area contributed by atoms with E-state index in [4.69, 9.17) is 0 Å². The molecule has 0 aliphatic carbocycles. The van der Waals surface area contributed by atoms with Crippen molar-refractivity contribution in [1.82, 2.24) is 4.57 Å². The molecule has 0 aliphatic heterocycles. The SMILES string of the molecule is Cn1cc(C(C)(C)C)c2c(F)cccc2c1=O. The van der Waals surface area contributed by atoms with E-state index in [1.807, 2.05) is 20.8 Å². The van der Waals surface area contributed by atoms with Crippen LogP contribution in [-0.2, 0) is 12.5 Å². The van der Waals surface area contributed by atoms with Crippen LogP contribution in [0.4, 0.5) is 4.39 Å². The van der Waals surface area contributed by atoms with Crippen LogP contribution in [-0.4, -0.2) is 4.57 Å². The van der Waals surface area contributed by atoms with Crippen molar-refractivity contribution >= 4 is 10.8 Å². The predicted octanol–water partition coefficient (Wildman–Crippen LogP) is 2.98. The molecule has 0 amide bonds. The lowest BCUT2D eigenvalue weighted by Crippen LogP contribution is -2.22. The van der Waals surface area contributed by atoms with E-state index >= 15 is 0 Å². The molecule has 0 radical (unpaired) electrons. The van der Waals surface area contributed by atoms with Crippen LogP contribution in [0.15, 0.2) is 29.2 Å². The summed E-state index contributed by atoms with van der Waals surface area (Å²) in [5.41, 5.74) is 0.492. The number of fused-ring (bicyclic) bond motifs is 1. The standard InChI is InChI=1S/C14H16FNO/c1-14(2,3)10-8-16(4)13(17)9-6-5-7-11(15)12(9)10/h5-8H,1-4H3. The van der Waals surface area contributed by atoms with Crippen LogP contribution in [0.1, 0.15) is 26.3 Å². The van der Waals surface area contributed by atoms with Crippen molar-refractivity contribution in [3.8, 4) is 0 Å². The number of pyridine rings is 1. The first-order valence-electron chi connectivity index (χ1n) is 5.60. The van der Waals surface area contributed by atoms with E-state index in [9.17, 15) is 9.18 Å². The highest BCUT2D eigenvalue weighted by molar-refractivity contribution is 5.86. The summed E-state index contributed by atoms with van der Waals surface area (Å²) in [7, 11) is 1.70. The number of nitrogens with zero attached hydrogens (tertiary/aromatic N) is 1. The van der Waals surface area contributed by atoms with Gasteiger partial charge in [0.05, 0.1) is 5.39 Å². The normalized spacial score (nSPS) is 12.1. The van der Waals surface area contributed by atoms with Gasteiger partial charge in [-0.15, -0.1) is 0 Å². The summed E-state index contributed by atoms with van der Waals surface area (Å²) >= 11 is 0. The molecule has 3 heteroatoms. The lowest BCUT2D eigenvalue weighted by atomic mass is 9.85. The molecule has 0 saturated carbocycles. The zero-order valence-corrected chi connectivity index (χ0v) is 10.5. The average Bonchev–Trinajstić information content (AvgIpc) is 2.22. The van der Waals surface area contributed by atoms with Crippen LogP contribution in [0.2, 0.25) is 0 Å². The number of aryl methyl sites for hydroxylation is 1. The number of hydrogen-bond donors (Lipinski definition) is 0. The van der Waals surface area contributed by atoms with Crippen molar-refractivity contribution in [1.29, 1.82) is 0 Å². The summed E-state index contributed by atoms with van der Waals surface area (Å²) in [5.74, 6) is -0.329. The highest BCUT2D eigenvalue weighted by Gasteiger charge is 2.21. The number of aromatic nitrogens is 1. The molecule has 0 N–H and O–H groups in total. The van der Waals surface area contributed by atoms with Crippen molar-refractivity contribution in [3.63, 3.8) is 0 Å². The lowest BCUT2D eigenvalue weighted by Gasteiger charge is -2.22. The number of hydrogen-bond acceptors (Lipinski definition) is 1. The van der Waals surface area contributed by atoms with Gasteiger partial charge in [0, 0.05) is 18.6 Å². The second-order valence-corrected chi connectivity index (χ2v) is 5.37. The number of halogens is 1. The molecule has 1 aromatic heterocycles. The quantitative estimate of drug-likeness (QED) is 0.685. The molecule has 0 bridgehead atoms. The molecule has 0 aliphatic rings. The van der Waals surface area contributed by atoms with Crippen LogP contribution >= 0.6 is 0 Å². The van der Waals surface area contributed by atoms with Crippen LogP contribution in [0.25, 0.3) is 10.8 Å². The van der Waals surface area contributed by atoms with Gasteiger partial charge in [0.15, 0.2) is 0 Å². The van der Waals surface area contributed by atoms with Crippen LogP contribution in [0.3, 0.4) is 0 Å². The van der Waals surface area contributed by atoms with Gasteiger partial charge < -0.3 is 4.57 Å². The molecule has 2 aromatic rings. The fourth-order valence-electron chi connectivity index (χ4n) is 2.05. The summed E-state index contributed by atoms with van der Waals surface area (Å²) < 4.78 is 15.5. The fourth-order valence-corrected chi connectivity index (χ4v) is 2.05. The Morgan fingerprint density at radius 1 is 1.24 bits per heavy atom. The fraction of sp³-hybridized carbons (Fsp3) is 0.357. The van der Waals surface area contributed by atoms with Gasteiger partial charge in [0.2, 0.25) is 0 Å². The van der Waals surface area contributed by atoms with Crippen molar-refractivity contribution < 1.29 is 4.39 Å². The zero-order valence-electron chi connectivity index (χ0n) is 10.5. The van der Waals surface area contributed by atoms with E-state index in [2.05, 4.69) is 0 Å². The van der Waals surface area contributed by atoms with Crippen molar-refractivity contribution in [3.05, 3.63) is 46.1 Å². The van der Waals surface area contributed by atoms with E-state index in [1.165, 1.54) is 10.6 Å². The van der Waals surface area contributed by atoms with E-state index in [1.54, 1.807) is 25.4 Å². The monoisotopic (exact) mass is 233 g/mol. The average molecular weight is 233 g/mol. The molecule has 90 valence electrons. The Balaban J connectivity index is 3.05.